The topological polar surface area (TPSA) is 9.86 Å². The zero-order valence-corrected chi connectivity index (χ0v) is 37.4. The van der Waals surface area contributed by atoms with Crippen LogP contribution in [0.2, 0.25) is 0 Å². The maximum absolute atomic E-state index is 2.46. The molecule has 0 aliphatic rings. The third kappa shape index (κ3) is 6.55. The number of thiophene rings is 1. The fraction of sp³-hybridized carbons (Fsp3) is 0. The molecule has 0 N–H and O–H groups in total. The van der Waals surface area contributed by atoms with Crippen LogP contribution < -0.4 is 0 Å². The normalized spacial score (nSPS) is 11.6. The Labute approximate surface area is 393 Å². The Kier molecular flexibility index (Phi) is 9.40. The largest absolute Gasteiger partial charge is 0.309 e. The molecule has 314 valence electrons. The zero-order valence-electron chi connectivity index (χ0n) is 36.6. The summed E-state index contributed by atoms with van der Waals surface area (Å²) in [6, 6.07) is 93.3. The van der Waals surface area contributed by atoms with Crippen molar-refractivity contribution in [3.05, 3.63) is 255 Å². The molecule has 0 fully saturated rings. The first-order valence-corrected chi connectivity index (χ1v) is 23.7. The molecular weight excluding hydrogens is 829 g/mol. The fourth-order valence-electron chi connectivity index (χ4n) is 10.4. The van der Waals surface area contributed by atoms with Gasteiger partial charge < -0.3 is 9.13 Å². The molecule has 3 heteroatoms. The first-order chi connectivity index (χ1) is 33.3. The molecule has 0 amide bonds. The van der Waals surface area contributed by atoms with Gasteiger partial charge in [0.05, 0.1) is 22.8 Å². The quantitative estimate of drug-likeness (QED) is 0.135. The van der Waals surface area contributed by atoms with Crippen LogP contribution in [0, 0.1) is 0 Å². The number of hydrogen-bond donors (Lipinski definition) is 0. The Morgan fingerprint density at radius 1 is 0.254 bits per heavy atom. The van der Waals surface area contributed by atoms with Crippen LogP contribution in [-0.4, -0.2) is 9.13 Å². The zero-order chi connectivity index (χ0) is 44.3. The van der Waals surface area contributed by atoms with Crippen molar-refractivity contribution in [1.29, 1.82) is 0 Å². The standard InChI is InChI=1S/C64H42N2S/c1-6-19-43(20-7-1)56-37-38-57(44-21-8-2-9-22-44)65(56)48-34-36-51-54(41-48)62(47-27-14-5-15-28-47)50-35-33-49(66-58(45-23-10-3-11-24-45)39-40-59(66)46-25-12-4-13-26-46)42-55(50)63(51)53-30-18-32-61-64(53)52-29-16-17-31-60(52)67-61/h1-42H. The molecule has 0 atom stereocenters. The highest BCUT2D eigenvalue weighted by Crippen LogP contribution is 2.49. The molecule has 10 aromatic carbocycles. The van der Waals surface area contributed by atoms with E-state index >= 15 is 0 Å². The van der Waals surface area contributed by atoms with E-state index in [1.54, 1.807) is 0 Å². The van der Waals surface area contributed by atoms with E-state index in [1.807, 2.05) is 11.3 Å². The van der Waals surface area contributed by atoms with Crippen molar-refractivity contribution in [2.75, 3.05) is 0 Å². The summed E-state index contributed by atoms with van der Waals surface area (Å²) in [7, 11) is 0. The molecule has 0 saturated carbocycles. The number of aromatic nitrogens is 2. The van der Waals surface area contributed by atoms with Gasteiger partial charge in [-0.2, -0.15) is 0 Å². The molecule has 67 heavy (non-hydrogen) atoms. The molecule has 3 heterocycles. The lowest BCUT2D eigenvalue weighted by Crippen LogP contribution is -2.02. The van der Waals surface area contributed by atoms with E-state index < -0.39 is 0 Å². The van der Waals surface area contributed by atoms with Gasteiger partial charge in [0, 0.05) is 31.5 Å². The minimum Gasteiger partial charge on any atom is -0.309 e. The Bertz CT molecular complexity index is 3820. The predicted octanol–water partition coefficient (Wildman–Crippen LogP) is 17.9. The lowest BCUT2D eigenvalue weighted by atomic mass is 9.84. The molecule has 3 aromatic heterocycles. The second-order valence-electron chi connectivity index (χ2n) is 17.2. The molecule has 0 aliphatic carbocycles. The molecule has 0 unspecified atom stereocenters. The molecule has 0 radical (unpaired) electrons. The summed E-state index contributed by atoms with van der Waals surface area (Å²) in [6.07, 6.45) is 0. The third-order valence-electron chi connectivity index (χ3n) is 13.4. The average molecular weight is 871 g/mol. The minimum atomic E-state index is 1.11. The lowest BCUT2D eigenvalue weighted by molar-refractivity contribution is 1.10. The fourth-order valence-corrected chi connectivity index (χ4v) is 11.6. The number of nitrogens with zero attached hydrogens (tertiary/aromatic N) is 2. The number of benzene rings is 10. The van der Waals surface area contributed by atoms with Gasteiger partial charge in [0.15, 0.2) is 0 Å². The first kappa shape index (κ1) is 38.9. The van der Waals surface area contributed by atoms with E-state index in [1.165, 1.54) is 86.2 Å². The Morgan fingerprint density at radius 2 is 0.642 bits per heavy atom. The van der Waals surface area contributed by atoms with E-state index in [0.717, 1.165) is 34.2 Å². The molecule has 13 aromatic rings. The van der Waals surface area contributed by atoms with Crippen LogP contribution in [0.25, 0.3) is 120 Å². The van der Waals surface area contributed by atoms with Crippen LogP contribution in [-0.2, 0) is 0 Å². The van der Waals surface area contributed by atoms with Crippen LogP contribution in [0.4, 0.5) is 0 Å². The summed E-state index contributed by atoms with van der Waals surface area (Å²) in [6.45, 7) is 0. The summed E-state index contributed by atoms with van der Waals surface area (Å²) >= 11 is 1.87. The van der Waals surface area contributed by atoms with Crippen molar-refractivity contribution in [1.82, 2.24) is 9.13 Å². The first-order valence-electron chi connectivity index (χ1n) is 22.9. The van der Waals surface area contributed by atoms with Gasteiger partial charge in [0.2, 0.25) is 0 Å². The van der Waals surface area contributed by atoms with Crippen LogP contribution in [0.15, 0.2) is 255 Å². The highest BCUT2D eigenvalue weighted by molar-refractivity contribution is 7.26. The van der Waals surface area contributed by atoms with Crippen molar-refractivity contribution in [3.63, 3.8) is 0 Å². The van der Waals surface area contributed by atoms with E-state index in [-0.39, 0.29) is 0 Å². The van der Waals surface area contributed by atoms with Crippen molar-refractivity contribution in [2.24, 2.45) is 0 Å². The minimum absolute atomic E-state index is 1.11. The maximum Gasteiger partial charge on any atom is 0.0535 e. The van der Waals surface area contributed by atoms with Crippen molar-refractivity contribution in [2.45, 2.75) is 0 Å². The monoisotopic (exact) mass is 870 g/mol. The summed E-state index contributed by atoms with van der Waals surface area (Å²) in [5.41, 5.74) is 16.4. The van der Waals surface area contributed by atoms with Gasteiger partial charge in [0.1, 0.15) is 0 Å². The SMILES string of the molecule is c1ccc(-c2c3cc(-n4c(-c5ccccc5)ccc4-c4ccccc4)ccc3c(-c3cccc4sc5ccccc5c34)c3cc(-n4c(-c5ccccc5)ccc4-c4ccccc4)ccc23)cc1. The summed E-state index contributed by atoms with van der Waals surface area (Å²) in [5, 5.41) is 7.42. The van der Waals surface area contributed by atoms with Gasteiger partial charge in [-0.1, -0.05) is 194 Å². The summed E-state index contributed by atoms with van der Waals surface area (Å²) < 4.78 is 7.48. The average Bonchev–Trinajstić information content (AvgIpc) is 4.16. The number of hydrogen-bond acceptors (Lipinski definition) is 1. The maximum atomic E-state index is 2.46. The number of fused-ring (bicyclic) bond motifs is 5. The summed E-state index contributed by atoms with van der Waals surface area (Å²) in [4.78, 5) is 0. The van der Waals surface area contributed by atoms with Gasteiger partial charge in [-0.15, -0.1) is 11.3 Å². The van der Waals surface area contributed by atoms with Crippen molar-refractivity contribution < 1.29 is 0 Å². The van der Waals surface area contributed by atoms with Crippen LogP contribution in [0.3, 0.4) is 0 Å². The second-order valence-corrected chi connectivity index (χ2v) is 18.3. The van der Waals surface area contributed by atoms with E-state index in [0.29, 0.717) is 0 Å². The molecule has 13 rings (SSSR count). The van der Waals surface area contributed by atoms with Crippen molar-refractivity contribution >= 4 is 53.1 Å². The third-order valence-corrected chi connectivity index (χ3v) is 14.5. The Morgan fingerprint density at radius 3 is 1.12 bits per heavy atom. The van der Waals surface area contributed by atoms with E-state index in [2.05, 4.69) is 264 Å². The Balaban J connectivity index is 1.17. The predicted molar refractivity (Wildman–Crippen MR) is 286 cm³/mol. The van der Waals surface area contributed by atoms with Gasteiger partial charge >= 0.3 is 0 Å². The highest BCUT2D eigenvalue weighted by atomic mass is 32.1. The molecule has 2 nitrogen and oxygen atoms in total. The van der Waals surface area contributed by atoms with Gasteiger partial charge in [-0.25, -0.2) is 0 Å². The highest BCUT2D eigenvalue weighted by Gasteiger charge is 2.23. The molecule has 0 saturated heterocycles. The van der Waals surface area contributed by atoms with Crippen molar-refractivity contribution in [3.8, 4) is 78.7 Å². The second kappa shape index (κ2) is 16.2. The Hall–Kier alpha value is -8.50. The van der Waals surface area contributed by atoms with Crippen LogP contribution in [0.1, 0.15) is 0 Å². The molecule has 0 bridgehead atoms. The van der Waals surface area contributed by atoms with Crippen LogP contribution in [0.5, 0.6) is 0 Å². The smallest absolute Gasteiger partial charge is 0.0535 e. The van der Waals surface area contributed by atoms with Gasteiger partial charge in [-0.3, -0.25) is 0 Å². The molecule has 0 spiro atoms. The van der Waals surface area contributed by atoms with E-state index in [9.17, 15) is 0 Å². The van der Waals surface area contributed by atoms with Crippen LogP contribution >= 0.6 is 11.3 Å². The molecular formula is C64H42N2S. The number of rotatable bonds is 8. The lowest BCUT2D eigenvalue weighted by Gasteiger charge is -2.22. The van der Waals surface area contributed by atoms with Gasteiger partial charge in [-0.05, 0) is 127 Å². The van der Waals surface area contributed by atoms with E-state index in [4.69, 9.17) is 0 Å². The summed E-state index contributed by atoms with van der Waals surface area (Å²) in [5.74, 6) is 0. The van der Waals surface area contributed by atoms with Gasteiger partial charge in [0.25, 0.3) is 0 Å². The molecule has 0 aliphatic heterocycles.